The molecule has 1 aliphatic rings. The normalized spacial score (nSPS) is 14.6. The summed E-state index contributed by atoms with van der Waals surface area (Å²) in [7, 11) is 1.92. The van der Waals surface area contributed by atoms with Crippen LogP contribution >= 0.6 is 0 Å². The van der Waals surface area contributed by atoms with Crippen molar-refractivity contribution in [2.45, 2.75) is 18.9 Å². The number of halogens is 1. The van der Waals surface area contributed by atoms with E-state index >= 15 is 0 Å². The van der Waals surface area contributed by atoms with E-state index in [4.69, 9.17) is 5.10 Å². The lowest BCUT2D eigenvalue weighted by Crippen LogP contribution is -2.41. The summed E-state index contributed by atoms with van der Waals surface area (Å²) in [5.74, 6) is -0.493. The molecule has 0 spiro atoms. The van der Waals surface area contributed by atoms with Gasteiger partial charge < -0.3 is 14.5 Å². The van der Waals surface area contributed by atoms with Crippen molar-refractivity contribution in [3.63, 3.8) is 0 Å². The highest BCUT2D eigenvalue weighted by atomic mass is 19.1. The van der Waals surface area contributed by atoms with Crippen LogP contribution in [0.3, 0.4) is 0 Å². The molecule has 1 N–H and O–H groups in total. The van der Waals surface area contributed by atoms with Gasteiger partial charge in [-0.1, -0.05) is 12.1 Å². The number of aromatic nitrogens is 5. The fourth-order valence-electron chi connectivity index (χ4n) is 5.09. The van der Waals surface area contributed by atoms with Gasteiger partial charge in [-0.15, -0.1) is 0 Å². The zero-order valence-electron chi connectivity index (χ0n) is 19.8. The van der Waals surface area contributed by atoms with Gasteiger partial charge in [0.15, 0.2) is 0 Å². The zero-order chi connectivity index (χ0) is 24.8. The molecular weight excluding hydrogens is 459 g/mol. The van der Waals surface area contributed by atoms with Gasteiger partial charge in [-0.3, -0.25) is 9.36 Å². The van der Waals surface area contributed by atoms with Crippen LogP contribution < -0.4 is 5.69 Å². The fourth-order valence-corrected chi connectivity index (χ4v) is 5.09. The Kier molecular flexibility index (Phi) is 5.32. The highest BCUT2D eigenvalue weighted by Gasteiger charge is 2.29. The van der Waals surface area contributed by atoms with E-state index in [-0.39, 0.29) is 23.5 Å². The second kappa shape index (κ2) is 8.67. The maximum atomic E-state index is 13.7. The number of H-pyrrole nitrogens is 1. The molecule has 6 rings (SSSR count). The molecule has 5 aromatic rings. The molecule has 36 heavy (non-hydrogen) atoms. The molecule has 2 aromatic carbocycles. The van der Waals surface area contributed by atoms with E-state index in [1.54, 1.807) is 22.9 Å². The Morgan fingerprint density at radius 1 is 1.03 bits per heavy atom. The van der Waals surface area contributed by atoms with Gasteiger partial charge in [-0.05, 0) is 67.4 Å². The summed E-state index contributed by atoms with van der Waals surface area (Å²) in [6, 6.07) is 19.3. The number of aryl methyl sites for hydroxylation is 1. The first-order chi connectivity index (χ1) is 17.5. The number of likely N-dealkylation sites (tertiary alicyclic amines) is 1. The second-order valence-corrected chi connectivity index (χ2v) is 9.15. The van der Waals surface area contributed by atoms with Gasteiger partial charge in [0.2, 0.25) is 0 Å². The number of aromatic amines is 1. The molecule has 0 radical (unpaired) electrons. The topological polar surface area (TPSA) is 80.9 Å². The van der Waals surface area contributed by atoms with Crippen LogP contribution in [-0.4, -0.2) is 47.8 Å². The lowest BCUT2D eigenvalue weighted by atomic mass is 10.0. The van der Waals surface area contributed by atoms with E-state index in [2.05, 4.69) is 4.98 Å². The predicted octanol–water partition coefficient (Wildman–Crippen LogP) is 4.14. The molecule has 0 aliphatic carbocycles. The second-order valence-electron chi connectivity index (χ2n) is 9.15. The molecule has 182 valence electrons. The smallest absolute Gasteiger partial charge is 0.326 e. The third-order valence-electron chi connectivity index (χ3n) is 6.95. The van der Waals surface area contributed by atoms with Gasteiger partial charge in [0.05, 0.1) is 22.4 Å². The summed E-state index contributed by atoms with van der Waals surface area (Å²) in [6.07, 6.45) is 3.26. The van der Waals surface area contributed by atoms with Crippen molar-refractivity contribution in [3.05, 3.63) is 94.9 Å². The number of rotatable bonds is 4. The fraction of sp³-hybridized carbons (Fsp3) is 0.222. The molecule has 0 saturated carbocycles. The molecule has 1 saturated heterocycles. The number of fused-ring (bicyclic) bond motifs is 1. The number of piperidine rings is 1. The van der Waals surface area contributed by atoms with Crippen molar-refractivity contribution in [1.82, 2.24) is 28.8 Å². The van der Waals surface area contributed by atoms with Crippen molar-refractivity contribution in [3.8, 4) is 17.1 Å². The van der Waals surface area contributed by atoms with Gasteiger partial charge in [-0.2, -0.15) is 5.10 Å². The van der Waals surface area contributed by atoms with Gasteiger partial charge in [0.25, 0.3) is 5.91 Å². The van der Waals surface area contributed by atoms with E-state index in [0.717, 1.165) is 16.7 Å². The molecule has 1 aliphatic heterocycles. The molecule has 0 bridgehead atoms. The van der Waals surface area contributed by atoms with Crippen molar-refractivity contribution in [1.29, 1.82) is 0 Å². The van der Waals surface area contributed by atoms with Crippen LogP contribution in [0.2, 0.25) is 0 Å². The summed E-state index contributed by atoms with van der Waals surface area (Å²) in [5.41, 5.74) is 4.15. The van der Waals surface area contributed by atoms with Crippen molar-refractivity contribution in [2.24, 2.45) is 7.05 Å². The standard InChI is InChI=1S/C27H25FN6O2/c1-31-14-4-7-23(31)22-17-25(34(30-22)20-10-8-18(28)9-11-20)26(35)32-15-12-19(13-16-32)33-24-6-3-2-5-21(24)29-27(33)36/h2-11,14,17,19H,12-13,15-16H2,1H3,(H,29,36). The van der Waals surface area contributed by atoms with Crippen molar-refractivity contribution >= 4 is 16.9 Å². The number of hydrogen-bond acceptors (Lipinski definition) is 3. The molecule has 3 aromatic heterocycles. The van der Waals surface area contributed by atoms with Crippen LogP contribution in [0.4, 0.5) is 4.39 Å². The minimum Gasteiger partial charge on any atom is -0.349 e. The Balaban J connectivity index is 1.29. The van der Waals surface area contributed by atoms with Gasteiger partial charge in [0, 0.05) is 32.4 Å². The molecule has 4 heterocycles. The first kappa shape index (κ1) is 22.1. The van der Waals surface area contributed by atoms with Crippen molar-refractivity contribution < 1.29 is 9.18 Å². The summed E-state index contributed by atoms with van der Waals surface area (Å²) < 4.78 is 18.9. The highest BCUT2D eigenvalue weighted by Crippen LogP contribution is 2.28. The van der Waals surface area contributed by atoms with Gasteiger partial charge in [-0.25, -0.2) is 13.9 Å². The molecule has 0 atom stereocenters. The Hall–Kier alpha value is -4.40. The Labute approximate surface area is 206 Å². The maximum absolute atomic E-state index is 13.7. The molecular formula is C27H25FN6O2. The summed E-state index contributed by atoms with van der Waals surface area (Å²) in [6.45, 7) is 1.03. The zero-order valence-corrected chi connectivity index (χ0v) is 19.8. The quantitative estimate of drug-likeness (QED) is 0.416. The first-order valence-electron chi connectivity index (χ1n) is 12.0. The number of para-hydroxylation sites is 2. The van der Waals surface area contributed by atoms with Crippen LogP contribution in [0.1, 0.15) is 29.4 Å². The minimum atomic E-state index is -0.351. The van der Waals surface area contributed by atoms with E-state index < -0.39 is 0 Å². The van der Waals surface area contributed by atoms with E-state index in [0.29, 0.717) is 43.0 Å². The number of nitrogens with zero attached hydrogens (tertiary/aromatic N) is 5. The van der Waals surface area contributed by atoms with Crippen LogP contribution in [0.15, 0.2) is 77.7 Å². The number of carbonyl (C=O) groups is 1. The highest BCUT2D eigenvalue weighted by molar-refractivity contribution is 5.94. The van der Waals surface area contributed by atoms with E-state index in [1.807, 2.05) is 63.7 Å². The average Bonchev–Trinajstić information content (AvgIpc) is 3.60. The van der Waals surface area contributed by atoms with Crippen LogP contribution in [0, 0.1) is 5.82 Å². The number of imidazole rings is 1. The van der Waals surface area contributed by atoms with Crippen molar-refractivity contribution in [2.75, 3.05) is 13.1 Å². The number of hydrogen-bond donors (Lipinski definition) is 1. The Morgan fingerprint density at radius 2 is 1.78 bits per heavy atom. The number of carbonyl (C=O) groups excluding carboxylic acids is 1. The number of nitrogens with one attached hydrogen (secondary N) is 1. The molecule has 8 nitrogen and oxygen atoms in total. The van der Waals surface area contributed by atoms with Gasteiger partial charge in [0.1, 0.15) is 17.2 Å². The maximum Gasteiger partial charge on any atom is 0.326 e. The molecule has 0 unspecified atom stereocenters. The molecule has 1 fully saturated rings. The van der Waals surface area contributed by atoms with E-state index in [9.17, 15) is 14.0 Å². The lowest BCUT2D eigenvalue weighted by molar-refractivity contribution is 0.0685. The van der Waals surface area contributed by atoms with Gasteiger partial charge >= 0.3 is 5.69 Å². The Morgan fingerprint density at radius 3 is 2.50 bits per heavy atom. The minimum absolute atomic E-state index is 0.0126. The van der Waals surface area contributed by atoms with Crippen LogP contribution in [0.25, 0.3) is 28.1 Å². The largest absolute Gasteiger partial charge is 0.349 e. The lowest BCUT2D eigenvalue weighted by Gasteiger charge is -2.32. The average molecular weight is 485 g/mol. The summed E-state index contributed by atoms with van der Waals surface area (Å²) in [5, 5.41) is 4.71. The van der Waals surface area contributed by atoms with E-state index in [1.165, 1.54) is 12.1 Å². The molecule has 9 heteroatoms. The third kappa shape index (κ3) is 3.73. The van der Waals surface area contributed by atoms with Crippen LogP contribution in [0.5, 0.6) is 0 Å². The first-order valence-corrected chi connectivity index (χ1v) is 12.0. The number of amides is 1. The summed E-state index contributed by atoms with van der Waals surface area (Å²) in [4.78, 5) is 31.1. The summed E-state index contributed by atoms with van der Waals surface area (Å²) >= 11 is 0. The predicted molar refractivity (Wildman–Crippen MR) is 135 cm³/mol. The Bertz CT molecular complexity index is 1620. The molecule has 1 amide bonds. The van der Waals surface area contributed by atoms with Crippen LogP contribution in [-0.2, 0) is 7.05 Å². The SMILES string of the molecule is Cn1cccc1-c1cc(C(=O)N2CCC(n3c(=O)[nH]c4ccccc43)CC2)n(-c2ccc(F)cc2)n1. The monoisotopic (exact) mass is 484 g/mol. The number of benzene rings is 2. The third-order valence-corrected chi connectivity index (χ3v) is 6.95.